The fourth-order valence-electron chi connectivity index (χ4n) is 5.92. The van der Waals surface area contributed by atoms with Crippen molar-refractivity contribution in [2.45, 2.75) is 0 Å². The number of H-pyrrole nitrogens is 8. The molecule has 0 aromatic carbocycles. The van der Waals surface area contributed by atoms with Crippen molar-refractivity contribution in [3.63, 3.8) is 0 Å². The smallest absolute Gasteiger partial charge is 0.289 e. The summed E-state index contributed by atoms with van der Waals surface area (Å²) in [6.07, 6.45) is 11.1. The number of rotatable bonds is 8. The molecule has 8 aromatic heterocycles. The van der Waals surface area contributed by atoms with Gasteiger partial charge in [0.05, 0.1) is 0 Å². The molecule has 0 spiro atoms. The summed E-state index contributed by atoms with van der Waals surface area (Å²) in [7, 11) is 0. The van der Waals surface area contributed by atoms with Gasteiger partial charge in [-0.25, -0.2) is 40.8 Å². The maximum atomic E-state index is 4.40. The summed E-state index contributed by atoms with van der Waals surface area (Å²) in [4.78, 5) is 0. The summed E-state index contributed by atoms with van der Waals surface area (Å²) in [6.45, 7) is 0. The quantitative estimate of drug-likeness (QED) is 0.0743. The molecule has 0 bridgehead atoms. The van der Waals surface area contributed by atoms with Crippen molar-refractivity contribution in [1.82, 2.24) is 81.6 Å². The average molecular weight is 665 g/mol. The zero-order chi connectivity index (χ0) is 28.2. The summed E-state index contributed by atoms with van der Waals surface area (Å²) >= 11 is 0. The van der Waals surface area contributed by atoms with Crippen molar-refractivity contribution in [1.29, 1.82) is 0 Å². The molecular weight excluding hydrogens is 640 g/mol. The minimum Gasteiger partial charge on any atom is -0.289 e. The van der Waals surface area contributed by atoms with Gasteiger partial charge in [-0.1, -0.05) is 93.3 Å². The Morgan fingerprint density at radius 1 is 0.279 bits per heavy atom. The van der Waals surface area contributed by atoms with E-state index in [1.165, 1.54) is 0 Å². The molecule has 0 aliphatic rings. The third-order valence-corrected chi connectivity index (χ3v) is 7.73. The van der Waals surface area contributed by atoms with Gasteiger partial charge in [0, 0.05) is 49.6 Å². The molecule has 0 atom stereocenters. The first-order chi connectivity index (χ1) is 20.8. The van der Waals surface area contributed by atoms with Gasteiger partial charge in [0.25, 0.3) is 0 Å². The van der Waals surface area contributed by atoms with E-state index in [0.29, 0.717) is 0 Å². The molecule has 19 heteroatoms. The molecule has 8 rings (SSSR count). The second kappa shape index (κ2) is 11.8. The molecular formula is C24H24B2N16Pd. The number of hydrogen-bond acceptors (Lipinski definition) is 8. The van der Waals surface area contributed by atoms with Crippen LogP contribution in [0, 0.1) is 0 Å². The van der Waals surface area contributed by atoms with Crippen LogP contribution in [0.1, 0.15) is 0 Å². The van der Waals surface area contributed by atoms with E-state index in [-0.39, 0.29) is 20.4 Å². The van der Waals surface area contributed by atoms with Crippen LogP contribution < -0.4 is 44.7 Å². The van der Waals surface area contributed by atoms with E-state index in [4.69, 9.17) is 0 Å². The maximum Gasteiger partial charge on any atom is 2.00 e. The molecule has 8 heterocycles. The van der Waals surface area contributed by atoms with Gasteiger partial charge < -0.3 is 0 Å². The van der Waals surface area contributed by atoms with Crippen molar-refractivity contribution in [2.75, 3.05) is 0 Å². The van der Waals surface area contributed by atoms with Crippen LogP contribution >= 0.6 is 0 Å². The van der Waals surface area contributed by atoms with E-state index < -0.39 is 12.3 Å². The molecule has 0 fully saturated rings. The van der Waals surface area contributed by atoms with Crippen molar-refractivity contribution < 1.29 is 20.4 Å². The Balaban J connectivity index is 0.000000150. The standard InChI is InChI=1S/2C12H12BN8.Pd/c2*1-5-14-18-9(1)13(10-2-6-15-19-10,11-3-7-16-20-11)12-4-8-17-21-12;/h2*1-8H,(H,14,18)(H,15,19)(H,16,20)(H,17,21);/q2*-1;+2. The Morgan fingerprint density at radius 2 is 0.419 bits per heavy atom. The van der Waals surface area contributed by atoms with Crippen molar-refractivity contribution >= 4 is 57.0 Å². The molecule has 8 N–H and O–H groups in total. The van der Waals surface area contributed by atoms with Crippen LogP contribution in [0.4, 0.5) is 0 Å². The van der Waals surface area contributed by atoms with Gasteiger partial charge in [-0.2, -0.15) is 0 Å². The molecule has 0 aliphatic heterocycles. The van der Waals surface area contributed by atoms with Crippen LogP contribution in [-0.4, -0.2) is 93.9 Å². The summed E-state index contributed by atoms with van der Waals surface area (Å²) in [5, 5.41) is 58.2. The molecule has 0 amide bonds. The normalized spacial score (nSPS) is 11.5. The number of hydrogen-bond donors (Lipinski definition) is 8. The van der Waals surface area contributed by atoms with Crippen LogP contribution in [-0.2, 0) is 20.4 Å². The molecule has 0 aliphatic carbocycles. The predicted molar refractivity (Wildman–Crippen MR) is 157 cm³/mol. The molecule has 216 valence electrons. The first-order valence-electron chi connectivity index (χ1n) is 13.2. The number of nitrogens with one attached hydrogen (secondary N) is 8. The summed E-state index contributed by atoms with van der Waals surface area (Å²) in [6, 6.07) is 15.4. The third kappa shape index (κ3) is 4.47. The van der Waals surface area contributed by atoms with Crippen LogP contribution in [0.15, 0.2) is 98.1 Å². The topological polar surface area (TPSA) is 229 Å². The average Bonchev–Trinajstić information content (AvgIpc) is 3.91. The maximum absolute atomic E-state index is 4.40. The van der Waals surface area contributed by atoms with Gasteiger partial charge >= 0.3 is 20.4 Å². The molecule has 43 heavy (non-hydrogen) atoms. The Hall–Kier alpha value is -5.53. The van der Waals surface area contributed by atoms with Gasteiger partial charge in [0.2, 0.25) is 0 Å². The Morgan fingerprint density at radius 3 is 0.512 bits per heavy atom. The molecule has 0 unspecified atom stereocenters. The second-order valence-electron chi connectivity index (χ2n) is 9.72. The van der Waals surface area contributed by atoms with E-state index in [1.54, 1.807) is 49.6 Å². The van der Waals surface area contributed by atoms with Crippen LogP contribution in [0.2, 0.25) is 0 Å². The Labute approximate surface area is 256 Å². The van der Waals surface area contributed by atoms with Crippen LogP contribution in [0.3, 0.4) is 0 Å². The van der Waals surface area contributed by atoms with Gasteiger partial charge in [-0.15, -0.1) is 0 Å². The minimum atomic E-state index is -1.62. The Bertz CT molecular complexity index is 1430. The third-order valence-electron chi connectivity index (χ3n) is 7.73. The van der Waals surface area contributed by atoms with E-state index in [2.05, 4.69) is 81.6 Å². The predicted octanol–water partition coefficient (Wildman–Crippen LogP) is -4.09. The van der Waals surface area contributed by atoms with Crippen molar-refractivity contribution in [3.8, 4) is 0 Å². The summed E-state index contributed by atoms with van der Waals surface area (Å²) in [5.74, 6) is 0. The first kappa shape index (κ1) is 27.6. The molecule has 8 aromatic rings. The van der Waals surface area contributed by atoms with Gasteiger partial charge in [-0.3, -0.25) is 40.8 Å². The van der Waals surface area contributed by atoms with E-state index in [9.17, 15) is 0 Å². The summed E-state index contributed by atoms with van der Waals surface area (Å²) < 4.78 is 0. The SMILES string of the molecule is [Pd+2].c1cc([B-](c2cc[nH]n2)(c2cc[nH]n2)c2cc[nH]n2)n[nH]1.c1cc([B-](c2cc[nH]n2)(c2cc[nH]n2)c2cc[nH]n2)n[nH]1. The van der Waals surface area contributed by atoms with Crippen LogP contribution in [0.25, 0.3) is 0 Å². The minimum absolute atomic E-state index is 0. The number of aromatic nitrogens is 16. The van der Waals surface area contributed by atoms with Gasteiger partial charge in [0.1, 0.15) is 0 Å². The monoisotopic (exact) mass is 664 g/mol. The van der Waals surface area contributed by atoms with Crippen molar-refractivity contribution in [3.05, 3.63) is 98.1 Å². The molecule has 0 saturated carbocycles. The molecule has 0 radical (unpaired) electrons. The zero-order valence-electron chi connectivity index (χ0n) is 22.3. The fourth-order valence-corrected chi connectivity index (χ4v) is 5.92. The number of nitrogens with zero attached hydrogens (tertiary/aromatic N) is 8. The second-order valence-corrected chi connectivity index (χ2v) is 9.72. The van der Waals surface area contributed by atoms with E-state index >= 15 is 0 Å². The molecule has 0 saturated heterocycles. The van der Waals surface area contributed by atoms with Gasteiger partial charge in [-0.05, 0) is 0 Å². The summed E-state index contributed by atoms with van der Waals surface area (Å²) in [5.41, 5.74) is 6.68. The molecule has 16 nitrogen and oxygen atoms in total. The van der Waals surface area contributed by atoms with E-state index in [1.807, 2.05) is 48.5 Å². The fraction of sp³-hybridized carbons (Fsp3) is 0. The van der Waals surface area contributed by atoms with Crippen molar-refractivity contribution in [2.24, 2.45) is 0 Å². The largest absolute Gasteiger partial charge is 2.00 e. The Kier molecular flexibility index (Phi) is 7.56. The van der Waals surface area contributed by atoms with Gasteiger partial charge in [0.15, 0.2) is 12.3 Å². The van der Waals surface area contributed by atoms with E-state index in [0.717, 1.165) is 44.7 Å². The van der Waals surface area contributed by atoms with Crippen LogP contribution in [0.5, 0.6) is 0 Å². The first-order valence-corrected chi connectivity index (χ1v) is 13.2. The number of aromatic amines is 8. The zero-order valence-corrected chi connectivity index (χ0v) is 23.8.